The largest absolute Gasteiger partial charge is 0.382 e. The summed E-state index contributed by atoms with van der Waals surface area (Å²) < 4.78 is 13.8. The first kappa shape index (κ1) is 14.8. The Morgan fingerprint density at radius 3 is 2.80 bits per heavy atom. The fourth-order valence-electron chi connectivity index (χ4n) is 2.89. The van der Waals surface area contributed by atoms with Crippen molar-refractivity contribution in [3.05, 3.63) is 29.6 Å². The summed E-state index contributed by atoms with van der Waals surface area (Å²) in [4.78, 5) is 12.3. The van der Waals surface area contributed by atoms with Gasteiger partial charge in [-0.25, -0.2) is 4.39 Å². The molecular weight excluding hydrogens is 255 g/mol. The van der Waals surface area contributed by atoms with Crippen LogP contribution in [0.3, 0.4) is 0 Å². The Morgan fingerprint density at radius 2 is 2.20 bits per heavy atom. The van der Waals surface area contributed by atoms with E-state index < -0.39 is 0 Å². The number of hydrogen-bond donors (Lipinski definition) is 2. The van der Waals surface area contributed by atoms with Crippen LogP contribution in [0.5, 0.6) is 0 Å². The molecule has 1 unspecified atom stereocenters. The summed E-state index contributed by atoms with van der Waals surface area (Å²) in [6, 6.07) is 4.79. The molecule has 2 rings (SSSR count). The van der Waals surface area contributed by atoms with Crippen LogP contribution >= 0.6 is 0 Å². The monoisotopic (exact) mass is 278 g/mol. The summed E-state index contributed by atoms with van der Waals surface area (Å²) in [7, 11) is 0. The highest BCUT2D eigenvalue weighted by Gasteiger charge is 2.32. The molecule has 0 aliphatic heterocycles. The van der Waals surface area contributed by atoms with Crippen LogP contribution in [0, 0.1) is 11.2 Å². The fourth-order valence-corrected chi connectivity index (χ4v) is 2.89. The standard InChI is InChI=1S/C16H23FN2O/c1-4-18-14-12(6-5-7-13(14)17)15(20)19-11-8-9-16(2,3)10-11/h5-7,11,18H,4,8-10H2,1-3H3,(H,19,20). The van der Waals surface area contributed by atoms with Crippen LogP contribution in [0.1, 0.15) is 50.4 Å². The van der Waals surface area contributed by atoms with Crippen molar-refractivity contribution in [3.63, 3.8) is 0 Å². The second-order valence-electron chi connectivity index (χ2n) is 6.27. The predicted octanol–water partition coefficient (Wildman–Crippen LogP) is 3.57. The number of rotatable bonds is 4. The number of anilines is 1. The number of hydrogen-bond acceptors (Lipinski definition) is 2. The van der Waals surface area contributed by atoms with Crippen LogP contribution in [0.4, 0.5) is 10.1 Å². The minimum absolute atomic E-state index is 0.190. The maximum atomic E-state index is 13.8. The molecular formula is C16H23FN2O. The molecule has 0 saturated heterocycles. The van der Waals surface area contributed by atoms with Gasteiger partial charge in [0.05, 0.1) is 11.3 Å². The maximum Gasteiger partial charge on any atom is 0.253 e. The van der Waals surface area contributed by atoms with Crippen molar-refractivity contribution in [3.8, 4) is 0 Å². The normalized spacial score (nSPS) is 20.7. The Hall–Kier alpha value is -1.58. The van der Waals surface area contributed by atoms with Crippen molar-refractivity contribution in [2.45, 2.75) is 46.1 Å². The lowest BCUT2D eigenvalue weighted by molar-refractivity contribution is 0.0936. The second-order valence-corrected chi connectivity index (χ2v) is 6.27. The Kier molecular flexibility index (Phi) is 4.31. The summed E-state index contributed by atoms with van der Waals surface area (Å²) in [5.41, 5.74) is 0.964. The van der Waals surface area contributed by atoms with Crippen LogP contribution < -0.4 is 10.6 Å². The summed E-state index contributed by atoms with van der Waals surface area (Å²) >= 11 is 0. The third-order valence-corrected chi connectivity index (χ3v) is 3.92. The molecule has 0 aromatic heterocycles. The molecule has 3 nitrogen and oxygen atoms in total. The van der Waals surface area contributed by atoms with E-state index >= 15 is 0 Å². The molecule has 1 aliphatic rings. The van der Waals surface area contributed by atoms with E-state index in [0.717, 1.165) is 19.3 Å². The van der Waals surface area contributed by atoms with Crippen molar-refractivity contribution in [2.75, 3.05) is 11.9 Å². The first-order chi connectivity index (χ1) is 9.43. The lowest BCUT2D eigenvalue weighted by Gasteiger charge is -2.19. The molecule has 20 heavy (non-hydrogen) atoms. The Bertz CT molecular complexity index is 499. The summed E-state index contributed by atoms with van der Waals surface area (Å²) in [6.07, 6.45) is 3.08. The molecule has 1 atom stereocenters. The van der Waals surface area contributed by atoms with Gasteiger partial charge in [0.2, 0.25) is 0 Å². The van der Waals surface area contributed by atoms with Crippen molar-refractivity contribution in [1.29, 1.82) is 0 Å². The van der Waals surface area contributed by atoms with E-state index in [9.17, 15) is 9.18 Å². The van der Waals surface area contributed by atoms with E-state index in [0.29, 0.717) is 17.8 Å². The number of amides is 1. The average Bonchev–Trinajstić information content (AvgIpc) is 2.71. The highest BCUT2D eigenvalue weighted by Crippen LogP contribution is 2.37. The zero-order valence-corrected chi connectivity index (χ0v) is 12.4. The third kappa shape index (κ3) is 3.30. The summed E-state index contributed by atoms with van der Waals surface area (Å²) in [5, 5.41) is 5.96. The predicted molar refractivity (Wildman–Crippen MR) is 79.4 cm³/mol. The van der Waals surface area contributed by atoms with Crippen molar-refractivity contribution < 1.29 is 9.18 Å². The molecule has 1 aromatic carbocycles. The first-order valence-corrected chi connectivity index (χ1v) is 7.26. The van der Waals surface area contributed by atoms with E-state index in [1.54, 1.807) is 12.1 Å². The van der Waals surface area contributed by atoms with Gasteiger partial charge in [-0.2, -0.15) is 0 Å². The lowest BCUT2D eigenvalue weighted by Crippen LogP contribution is -2.34. The van der Waals surface area contributed by atoms with Gasteiger partial charge in [0.1, 0.15) is 5.82 Å². The van der Waals surface area contributed by atoms with Gasteiger partial charge in [-0.1, -0.05) is 19.9 Å². The molecule has 1 aliphatic carbocycles. The van der Waals surface area contributed by atoms with Crippen molar-refractivity contribution in [2.24, 2.45) is 5.41 Å². The van der Waals surface area contributed by atoms with Crippen molar-refractivity contribution in [1.82, 2.24) is 5.32 Å². The Morgan fingerprint density at radius 1 is 1.45 bits per heavy atom. The van der Waals surface area contributed by atoms with Crippen LogP contribution in [-0.4, -0.2) is 18.5 Å². The number of carbonyl (C=O) groups is 1. The molecule has 1 aromatic rings. The molecule has 0 heterocycles. The quantitative estimate of drug-likeness (QED) is 0.884. The Labute approximate surface area is 120 Å². The van der Waals surface area contributed by atoms with Gasteiger partial charge in [0.15, 0.2) is 0 Å². The molecule has 1 fully saturated rings. The number of nitrogens with one attached hydrogen (secondary N) is 2. The zero-order valence-electron chi connectivity index (χ0n) is 12.4. The topological polar surface area (TPSA) is 41.1 Å². The first-order valence-electron chi connectivity index (χ1n) is 7.26. The van der Waals surface area contributed by atoms with E-state index in [-0.39, 0.29) is 23.2 Å². The molecule has 110 valence electrons. The fraction of sp³-hybridized carbons (Fsp3) is 0.562. The van der Waals surface area contributed by atoms with Gasteiger partial charge in [0, 0.05) is 12.6 Å². The van der Waals surface area contributed by atoms with E-state index in [4.69, 9.17) is 0 Å². The van der Waals surface area contributed by atoms with E-state index in [1.807, 2.05) is 6.92 Å². The molecule has 0 bridgehead atoms. The van der Waals surface area contributed by atoms with Crippen LogP contribution in [-0.2, 0) is 0 Å². The Balaban J connectivity index is 2.12. The van der Waals surface area contributed by atoms with Gasteiger partial charge in [-0.3, -0.25) is 4.79 Å². The van der Waals surface area contributed by atoms with Crippen LogP contribution in [0.2, 0.25) is 0 Å². The molecule has 0 spiro atoms. The van der Waals surface area contributed by atoms with Gasteiger partial charge in [0.25, 0.3) is 5.91 Å². The molecule has 0 radical (unpaired) electrons. The minimum atomic E-state index is -0.383. The number of carbonyl (C=O) groups excluding carboxylic acids is 1. The van der Waals surface area contributed by atoms with Gasteiger partial charge in [-0.15, -0.1) is 0 Å². The average molecular weight is 278 g/mol. The summed E-state index contributed by atoms with van der Waals surface area (Å²) in [5.74, 6) is -0.575. The molecule has 1 amide bonds. The molecule has 1 saturated carbocycles. The van der Waals surface area contributed by atoms with Gasteiger partial charge >= 0.3 is 0 Å². The van der Waals surface area contributed by atoms with Gasteiger partial charge < -0.3 is 10.6 Å². The molecule has 2 N–H and O–H groups in total. The van der Waals surface area contributed by atoms with Crippen LogP contribution in [0.15, 0.2) is 18.2 Å². The number of para-hydroxylation sites is 1. The minimum Gasteiger partial charge on any atom is -0.382 e. The smallest absolute Gasteiger partial charge is 0.253 e. The second kappa shape index (κ2) is 5.81. The number of benzene rings is 1. The zero-order chi connectivity index (χ0) is 14.8. The highest BCUT2D eigenvalue weighted by molar-refractivity contribution is 5.99. The molecule has 4 heteroatoms. The number of halogens is 1. The lowest BCUT2D eigenvalue weighted by atomic mass is 9.92. The SMILES string of the molecule is CCNc1c(F)cccc1C(=O)NC1CCC(C)(C)C1. The van der Waals surface area contributed by atoms with E-state index in [1.165, 1.54) is 6.07 Å². The third-order valence-electron chi connectivity index (χ3n) is 3.92. The van der Waals surface area contributed by atoms with Crippen LogP contribution in [0.25, 0.3) is 0 Å². The highest BCUT2D eigenvalue weighted by atomic mass is 19.1. The van der Waals surface area contributed by atoms with E-state index in [2.05, 4.69) is 24.5 Å². The van der Waals surface area contributed by atoms with Gasteiger partial charge in [-0.05, 0) is 43.7 Å². The van der Waals surface area contributed by atoms with Crippen molar-refractivity contribution >= 4 is 11.6 Å². The summed E-state index contributed by atoms with van der Waals surface area (Å²) in [6.45, 7) is 6.89. The maximum absolute atomic E-state index is 13.8.